The summed E-state index contributed by atoms with van der Waals surface area (Å²) in [6, 6.07) is 0. The van der Waals surface area contributed by atoms with Gasteiger partial charge in [0.1, 0.15) is 6.10 Å². The zero-order chi connectivity index (χ0) is 24.8. The molecule has 34 heavy (non-hydrogen) atoms. The number of carbonyl (C=O) groups excluding carboxylic acids is 2. The number of ether oxygens (including phenoxy) is 1. The highest BCUT2D eigenvalue weighted by Crippen LogP contribution is 2.73. The SMILES string of the molecule is CC(=O)O[C@H]1CC[C@]2(C)[C@H]3CC=C4C5=C(CC[C@H]5C(C)C)C(=O)C[C@@]4(C)[C@]3(C)CC[C@H]2C1(C)C. The Balaban J connectivity index is 1.57. The first kappa shape index (κ1) is 24.3. The molecular weight excluding hydrogens is 420 g/mol. The molecule has 0 unspecified atom stereocenters. The van der Waals surface area contributed by atoms with E-state index in [0.29, 0.717) is 35.9 Å². The van der Waals surface area contributed by atoms with Crippen LogP contribution in [0.1, 0.15) is 107 Å². The van der Waals surface area contributed by atoms with Gasteiger partial charge in [0.2, 0.25) is 0 Å². The fraction of sp³-hybridized carbons (Fsp3) is 0.806. The van der Waals surface area contributed by atoms with Gasteiger partial charge in [-0.1, -0.05) is 54.5 Å². The van der Waals surface area contributed by atoms with Crippen LogP contribution in [0.3, 0.4) is 0 Å². The molecule has 2 saturated carbocycles. The molecule has 188 valence electrons. The van der Waals surface area contributed by atoms with Crippen molar-refractivity contribution in [1.29, 1.82) is 0 Å². The molecule has 5 aliphatic carbocycles. The maximum absolute atomic E-state index is 13.6. The first-order valence-corrected chi connectivity index (χ1v) is 13.9. The molecule has 0 spiro atoms. The lowest BCUT2D eigenvalue weighted by Crippen LogP contribution is -2.63. The summed E-state index contributed by atoms with van der Waals surface area (Å²) in [6.45, 7) is 18.4. The third-order valence-corrected chi connectivity index (χ3v) is 12.1. The largest absolute Gasteiger partial charge is 0.462 e. The highest BCUT2D eigenvalue weighted by atomic mass is 16.5. The number of esters is 1. The van der Waals surface area contributed by atoms with Gasteiger partial charge in [-0.05, 0) is 96.2 Å². The molecule has 3 nitrogen and oxygen atoms in total. The van der Waals surface area contributed by atoms with Crippen molar-refractivity contribution in [3.05, 3.63) is 22.8 Å². The number of allylic oxidation sites excluding steroid dienone is 4. The van der Waals surface area contributed by atoms with Crippen molar-refractivity contribution in [1.82, 2.24) is 0 Å². The average molecular weight is 467 g/mol. The minimum absolute atomic E-state index is 0.00646. The third-order valence-electron chi connectivity index (χ3n) is 12.1. The van der Waals surface area contributed by atoms with Gasteiger partial charge in [0.05, 0.1) is 0 Å². The fourth-order valence-electron chi connectivity index (χ4n) is 10.2. The normalized spacial score (nSPS) is 45.2. The number of Topliss-reactive ketones (excluding diaryl/α,β-unsaturated/α-hetero) is 1. The molecule has 0 N–H and O–H groups in total. The van der Waals surface area contributed by atoms with Gasteiger partial charge < -0.3 is 4.74 Å². The van der Waals surface area contributed by atoms with Crippen molar-refractivity contribution < 1.29 is 14.3 Å². The first-order valence-electron chi connectivity index (χ1n) is 13.9. The summed E-state index contributed by atoms with van der Waals surface area (Å²) in [5.41, 5.74) is 4.39. The second-order valence-corrected chi connectivity index (χ2v) is 14.1. The van der Waals surface area contributed by atoms with E-state index in [9.17, 15) is 9.59 Å². The summed E-state index contributed by atoms with van der Waals surface area (Å²) in [7, 11) is 0. The van der Waals surface area contributed by atoms with Crippen LogP contribution in [-0.4, -0.2) is 17.9 Å². The van der Waals surface area contributed by atoms with E-state index in [1.165, 1.54) is 11.1 Å². The standard InChI is InChI=1S/C31H46O3/c1-18(2)20-9-10-21-23(33)17-31(8)22(27(20)21)11-12-25-29(6)15-14-26(34-19(3)32)28(4,5)24(29)13-16-30(25,31)7/h11,18,20,24-26H,9-10,12-17H2,1-8H3/t20-,24-,25+,26-,29-,30+,31+/m0/s1. The Morgan fingerprint density at radius 3 is 2.38 bits per heavy atom. The smallest absolute Gasteiger partial charge is 0.302 e. The number of carbonyl (C=O) groups is 2. The highest BCUT2D eigenvalue weighted by molar-refractivity contribution is 6.00. The molecule has 0 heterocycles. The lowest BCUT2D eigenvalue weighted by atomic mass is 9.35. The summed E-state index contributed by atoms with van der Waals surface area (Å²) in [5, 5.41) is 0. The summed E-state index contributed by atoms with van der Waals surface area (Å²) in [5.74, 6) is 2.49. The fourth-order valence-corrected chi connectivity index (χ4v) is 10.2. The van der Waals surface area contributed by atoms with E-state index in [0.717, 1.165) is 44.9 Å². The van der Waals surface area contributed by atoms with Gasteiger partial charge >= 0.3 is 5.97 Å². The average Bonchev–Trinajstić information content (AvgIpc) is 3.17. The molecule has 7 atom stereocenters. The maximum Gasteiger partial charge on any atom is 0.302 e. The minimum Gasteiger partial charge on any atom is -0.462 e. The van der Waals surface area contributed by atoms with E-state index in [-0.39, 0.29) is 33.7 Å². The molecule has 0 amide bonds. The van der Waals surface area contributed by atoms with Crippen molar-refractivity contribution in [3.63, 3.8) is 0 Å². The zero-order valence-corrected chi connectivity index (χ0v) is 22.8. The van der Waals surface area contributed by atoms with Gasteiger partial charge in [-0.25, -0.2) is 0 Å². The Labute approximate surface area is 207 Å². The molecule has 0 aromatic carbocycles. The number of ketones is 1. The highest BCUT2D eigenvalue weighted by Gasteiger charge is 2.67. The maximum atomic E-state index is 13.6. The molecule has 0 aromatic heterocycles. The van der Waals surface area contributed by atoms with Crippen molar-refractivity contribution in [2.24, 2.45) is 45.3 Å². The van der Waals surface area contributed by atoms with Crippen LogP contribution in [0.2, 0.25) is 0 Å². The quantitative estimate of drug-likeness (QED) is 0.397. The van der Waals surface area contributed by atoms with Crippen LogP contribution in [-0.2, 0) is 14.3 Å². The summed E-state index contributed by atoms with van der Waals surface area (Å²) < 4.78 is 5.86. The zero-order valence-electron chi connectivity index (χ0n) is 22.8. The van der Waals surface area contributed by atoms with Crippen LogP contribution in [0.25, 0.3) is 0 Å². The first-order chi connectivity index (χ1) is 15.8. The van der Waals surface area contributed by atoms with Crippen LogP contribution in [0.5, 0.6) is 0 Å². The minimum atomic E-state index is -0.152. The molecule has 0 aromatic rings. The van der Waals surface area contributed by atoms with Crippen molar-refractivity contribution >= 4 is 11.8 Å². The van der Waals surface area contributed by atoms with Crippen molar-refractivity contribution in [2.45, 2.75) is 113 Å². The Kier molecular flexibility index (Phi) is 5.41. The lowest BCUT2D eigenvalue weighted by molar-refractivity contribution is -0.206. The molecule has 0 aliphatic heterocycles. The summed E-state index contributed by atoms with van der Waals surface area (Å²) in [6.07, 6.45) is 10.9. The second kappa shape index (κ2) is 7.56. The predicted octanol–water partition coefficient (Wildman–Crippen LogP) is 7.45. The molecule has 0 saturated heterocycles. The number of rotatable bonds is 2. The Bertz CT molecular complexity index is 983. The van der Waals surface area contributed by atoms with Crippen LogP contribution in [0.4, 0.5) is 0 Å². The Morgan fingerprint density at radius 2 is 1.74 bits per heavy atom. The molecule has 0 radical (unpaired) electrons. The Hall–Kier alpha value is -1.38. The second-order valence-electron chi connectivity index (χ2n) is 14.1. The monoisotopic (exact) mass is 466 g/mol. The molecular formula is C31H46O3. The van der Waals surface area contributed by atoms with Gasteiger partial charge in [-0.15, -0.1) is 0 Å². The molecule has 3 heteroatoms. The van der Waals surface area contributed by atoms with Crippen LogP contribution in [0, 0.1) is 45.3 Å². The third kappa shape index (κ3) is 3.00. The van der Waals surface area contributed by atoms with Crippen LogP contribution >= 0.6 is 0 Å². The lowest BCUT2D eigenvalue weighted by Gasteiger charge is -2.69. The van der Waals surface area contributed by atoms with E-state index < -0.39 is 0 Å². The number of hydrogen-bond donors (Lipinski definition) is 0. The molecule has 5 rings (SSSR count). The van der Waals surface area contributed by atoms with E-state index in [1.807, 2.05) is 0 Å². The van der Waals surface area contributed by atoms with Crippen molar-refractivity contribution in [3.8, 4) is 0 Å². The summed E-state index contributed by atoms with van der Waals surface area (Å²) in [4.78, 5) is 25.4. The Morgan fingerprint density at radius 1 is 1.03 bits per heavy atom. The van der Waals surface area contributed by atoms with E-state index in [1.54, 1.807) is 12.5 Å². The van der Waals surface area contributed by atoms with Gasteiger partial charge in [-0.3, -0.25) is 9.59 Å². The van der Waals surface area contributed by atoms with Gasteiger partial charge in [0.15, 0.2) is 5.78 Å². The van der Waals surface area contributed by atoms with E-state index in [2.05, 4.69) is 54.5 Å². The van der Waals surface area contributed by atoms with Crippen LogP contribution in [0.15, 0.2) is 22.8 Å². The summed E-state index contributed by atoms with van der Waals surface area (Å²) >= 11 is 0. The van der Waals surface area contributed by atoms with Gasteiger partial charge in [0, 0.05) is 24.2 Å². The topological polar surface area (TPSA) is 43.4 Å². The molecule has 0 bridgehead atoms. The van der Waals surface area contributed by atoms with Crippen LogP contribution < -0.4 is 0 Å². The van der Waals surface area contributed by atoms with Gasteiger partial charge in [-0.2, -0.15) is 0 Å². The van der Waals surface area contributed by atoms with E-state index in [4.69, 9.17) is 4.74 Å². The van der Waals surface area contributed by atoms with Gasteiger partial charge in [0.25, 0.3) is 0 Å². The molecule has 5 aliphatic rings. The number of fused-ring (bicyclic) bond motifs is 6. The number of hydrogen-bond acceptors (Lipinski definition) is 3. The van der Waals surface area contributed by atoms with Crippen molar-refractivity contribution in [2.75, 3.05) is 0 Å². The predicted molar refractivity (Wildman–Crippen MR) is 136 cm³/mol. The molecule has 2 fully saturated rings. The van der Waals surface area contributed by atoms with E-state index >= 15 is 0 Å².